The van der Waals surface area contributed by atoms with Crippen molar-refractivity contribution in [3.8, 4) is 0 Å². The lowest BCUT2D eigenvalue weighted by Gasteiger charge is -2.30. The molecule has 0 bridgehead atoms. The first-order valence-corrected chi connectivity index (χ1v) is 7.42. The van der Waals surface area contributed by atoms with Crippen molar-refractivity contribution in [1.82, 2.24) is 4.90 Å². The number of hydrogen-bond acceptors (Lipinski definition) is 3. The second kappa shape index (κ2) is 6.89. The molecule has 1 saturated heterocycles. The van der Waals surface area contributed by atoms with Gasteiger partial charge in [-0.15, -0.1) is 0 Å². The molecule has 0 aliphatic carbocycles. The average Bonchev–Trinajstić information content (AvgIpc) is 2.47. The first kappa shape index (κ1) is 15.8. The largest absolute Gasteiger partial charge is 0.481 e. The third-order valence-electron chi connectivity index (χ3n) is 3.38. The van der Waals surface area contributed by atoms with E-state index in [-0.39, 0.29) is 12.5 Å². The van der Waals surface area contributed by atoms with Gasteiger partial charge in [-0.25, -0.2) is 0 Å². The number of alkyl halides is 2. The lowest BCUT2D eigenvalue weighted by molar-refractivity contribution is -0.143. The molecule has 1 fully saturated rings. The molecule has 1 heterocycles. The Kier molecular flexibility index (Phi) is 5.17. The zero-order valence-corrected chi connectivity index (χ0v) is 12.0. The second-order valence-electron chi connectivity index (χ2n) is 4.83. The molecule has 7 heteroatoms. The van der Waals surface area contributed by atoms with Gasteiger partial charge in [0.15, 0.2) is 0 Å². The summed E-state index contributed by atoms with van der Waals surface area (Å²) in [6.45, 7) is 0.720. The Morgan fingerprint density at radius 3 is 2.52 bits per heavy atom. The summed E-state index contributed by atoms with van der Waals surface area (Å²) in [5.74, 6) is -4.17. The summed E-state index contributed by atoms with van der Waals surface area (Å²) in [6.07, 6.45) is 1.23. The number of thioether (sulfide) groups is 1. The molecular formula is C14H15F2NO3S. The lowest BCUT2D eigenvalue weighted by atomic mass is 9.97. The van der Waals surface area contributed by atoms with Crippen LogP contribution in [0, 0.1) is 5.92 Å². The molecule has 4 nitrogen and oxygen atoms in total. The van der Waals surface area contributed by atoms with Crippen LogP contribution >= 0.6 is 11.8 Å². The Morgan fingerprint density at radius 2 is 1.95 bits per heavy atom. The molecule has 0 spiro atoms. The number of piperidine rings is 1. The first-order chi connectivity index (χ1) is 9.97. The minimum atomic E-state index is -2.50. The summed E-state index contributed by atoms with van der Waals surface area (Å²) >= 11 is 0.423. The Morgan fingerprint density at radius 1 is 1.29 bits per heavy atom. The fraction of sp³-hybridized carbons (Fsp3) is 0.429. The van der Waals surface area contributed by atoms with E-state index in [4.69, 9.17) is 5.11 Å². The van der Waals surface area contributed by atoms with Gasteiger partial charge in [0.1, 0.15) is 0 Å². The maximum Gasteiger partial charge on any atom is 0.308 e. The van der Waals surface area contributed by atoms with E-state index in [1.54, 1.807) is 0 Å². The van der Waals surface area contributed by atoms with Crippen LogP contribution in [0.5, 0.6) is 0 Å². The molecule has 0 saturated carbocycles. The summed E-state index contributed by atoms with van der Waals surface area (Å²) in [5.41, 5.74) is 0.389. The Bertz CT molecular complexity index is 521. The third-order valence-corrected chi connectivity index (χ3v) is 4.11. The summed E-state index contributed by atoms with van der Waals surface area (Å²) in [6, 6.07) is 5.94. The molecule has 1 amide bonds. The van der Waals surface area contributed by atoms with Gasteiger partial charge in [-0.1, -0.05) is 11.8 Å². The number of carboxylic acid groups (broad SMARTS) is 1. The molecule has 1 aliphatic rings. The Labute approximate surface area is 125 Å². The molecule has 1 aromatic carbocycles. The molecular weight excluding hydrogens is 300 g/mol. The number of likely N-dealkylation sites (tertiary alicyclic amines) is 1. The fourth-order valence-corrected chi connectivity index (χ4v) is 2.82. The van der Waals surface area contributed by atoms with Crippen LogP contribution < -0.4 is 0 Å². The minimum absolute atomic E-state index is 0.196. The van der Waals surface area contributed by atoms with E-state index in [2.05, 4.69) is 0 Å². The van der Waals surface area contributed by atoms with Crippen molar-refractivity contribution in [3.63, 3.8) is 0 Å². The molecule has 1 aliphatic heterocycles. The zero-order chi connectivity index (χ0) is 15.4. The van der Waals surface area contributed by atoms with Gasteiger partial charge in [0, 0.05) is 23.5 Å². The van der Waals surface area contributed by atoms with Gasteiger partial charge < -0.3 is 10.0 Å². The van der Waals surface area contributed by atoms with Gasteiger partial charge in [-0.3, -0.25) is 9.59 Å². The van der Waals surface area contributed by atoms with Gasteiger partial charge in [-0.05, 0) is 37.1 Å². The van der Waals surface area contributed by atoms with Gasteiger partial charge in [0.25, 0.3) is 11.7 Å². The number of hydrogen-bond donors (Lipinski definition) is 1. The highest BCUT2D eigenvalue weighted by atomic mass is 32.2. The van der Waals surface area contributed by atoms with E-state index >= 15 is 0 Å². The molecule has 2 rings (SSSR count). The van der Waals surface area contributed by atoms with Crippen LogP contribution in [0.15, 0.2) is 29.2 Å². The highest BCUT2D eigenvalue weighted by Crippen LogP contribution is 2.26. The van der Waals surface area contributed by atoms with Crippen molar-refractivity contribution in [1.29, 1.82) is 0 Å². The number of halogens is 2. The van der Waals surface area contributed by atoms with Gasteiger partial charge in [-0.2, -0.15) is 8.78 Å². The average molecular weight is 315 g/mol. The standard InChI is InChI=1S/C14H15F2NO3S/c15-14(16)21-11-5-3-9(4-6-11)12(18)17-7-1-2-10(8-17)13(19)20/h3-6,10,14H,1-2,7-8H2,(H,19,20). The van der Waals surface area contributed by atoms with E-state index < -0.39 is 17.6 Å². The maximum atomic E-state index is 12.3. The number of carboxylic acids is 1. The molecule has 114 valence electrons. The topological polar surface area (TPSA) is 57.6 Å². The van der Waals surface area contributed by atoms with E-state index in [1.807, 2.05) is 0 Å². The first-order valence-electron chi connectivity index (χ1n) is 6.54. The molecule has 21 heavy (non-hydrogen) atoms. The molecule has 1 N–H and O–H groups in total. The lowest BCUT2D eigenvalue weighted by Crippen LogP contribution is -2.42. The van der Waals surface area contributed by atoms with Crippen LogP contribution in [0.4, 0.5) is 8.78 Å². The summed E-state index contributed by atoms with van der Waals surface area (Å²) in [7, 11) is 0. The summed E-state index contributed by atoms with van der Waals surface area (Å²) in [4.78, 5) is 25.2. The van der Waals surface area contributed by atoms with E-state index in [1.165, 1.54) is 29.2 Å². The van der Waals surface area contributed by atoms with Crippen LogP contribution in [0.1, 0.15) is 23.2 Å². The monoisotopic (exact) mass is 315 g/mol. The number of carbonyl (C=O) groups excluding carboxylic acids is 1. The number of amides is 1. The second-order valence-corrected chi connectivity index (χ2v) is 5.89. The van der Waals surface area contributed by atoms with Crippen LogP contribution in [0.25, 0.3) is 0 Å². The minimum Gasteiger partial charge on any atom is -0.481 e. The third kappa shape index (κ3) is 4.17. The van der Waals surface area contributed by atoms with E-state index in [9.17, 15) is 18.4 Å². The molecule has 1 atom stereocenters. The predicted octanol–water partition coefficient (Wildman–Crippen LogP) is 2.94. The summed E-state index contributed by atoms with van der Waals surface area (Å²) < 4.78 is 24.4. The molecule has 1 unspecified atom stereocenters. The Balaban J connectivity index is 2.03. The van der Waals surface area contributed by atoms with Crippen LogP contribution in [-0.2, 0) is 4.79 Å². The highest BCUT2D eigenvalue weighted by Gasteiger charge is 2.28. The Hall–Kier alpha value is -1.63. The number of nitrogens with zero attached hydrogens (tertiary/aromatic N) is 1. The summed E-state index contributed by atoms with van der Waals surface area (Å²) in [5, 5.41) is 9.02. The van der Waals surface area contributed by atoms with Gasteiger partial charge >= 0.3 is 5.97 Å². The van der Waals surface area contributed by atoms with Crippen LogP contribution in [0.2, 0.25) is 0 Å². The van der Waals surface area contributed by atoms with Gasteiger partial charge in [0.2, 0.25) is 0 Å². The number of benzene rings is 1. The maximum absolute atomic E-state index is 12.3. The predicted molar refractivity (Wildman–Crippen MR) is 74.6 cm³/mol. The highest BCUT2D eigenvalue weighted by molar-refractivity contribution is 7.99. The van der Waals surface area contributed by atoms with Crippen LogP contribution in [-0.4, -0.2) is 40.7 Å². The number of rotatable bonds is 4. The van der Waals surface area contributed by atoms with Crippen molar-refractivity contribution in [2.45, 2.75) is 23.5 Å². The van der Waals surface area contributed by atoms with Crippen molar-refractivity contribution in [2.24, 2.45) is 5.92 Å². The van der Waals surface area contributed by atoms with Crippen molar-refractivity contribution in [2.75, 3.05) is 13.1 Å². The van der Waals surface area contributed by atoms with Crippen molar-refractivity contribution in [3.05, 3.63) is 29.8 Å². The number of aliphatic carboxylic acids is 1. The van der Waals surface area contributed by atoms with Crippen molar-refractivity contribution >= 4 is 23.6 Å². The number of carbonyl (C=O) groups is 2. The van der Waals surface area contributed by atoms with E-state index in [0.717, 1.165) is 0 Å². The van der Waals surface area contributed by atoms with E-state index in [0.29, 0.717) is 41.6 Å². The van der Waals surface area contributed by atoms with Gasteiger partial charge in [0.05, 0.1) is 5.92 Å². The molecule has 0 aromatic heterocycles. The smallest absolute Gasteiger partial charge is 0.308 e. The van der Waals surface area contributed by atoms with Crippen LogP contribution in [0.3, 0.4) is 0 Å². The molecule has 0 radical (unpaired) electrons. The molecule has 1 aromatic rings. The SMILES string of the molecule is O=C(O)C1CCCN(C(=O)c2ccc(SC(F)F)cc2)C1. The zero-order valence-electron chi connectivity index (χ0n) is 11.2. The normalized spacial score (nSPS) is 18.8. The van der Waals surface area contributed by atoms with Crippen molar-refractivity contribution < 1.29 is 23.5 Å². The fourth-order valence-electron chi connectivity index (χ4n) is 2.32. The quantitative estimate of drug-likeness (QED) is 0.868.